The maximum atomic E-state index is 12.1. The van der Waals surface area contributed by atoms with Gasteiger partial charge in [0, 0.05) is 13.0 Å². The molecule has 98 valence electrons. The average molecular weight is 271 g/mol. The molecule has 0 aromatic carbocycles. The van der Waals surface area contributed by atoms with E-state index < -0.39 is 17.4 Å². The minimum atomic E-state index is -1.33. The number of hydrogen-bond acceptors (Lipinski definition) is 6. The highest BCUT2D eigenvalue weighted by Gasteiger charge is 2.44. The molecule has 1 saturated heterocycles. The zero-order valence-corrected chi connectivity index (χ0v) is 10.6. The Bertz CT molecular complexity index is 467. The molecule has 1 unspecified atom stereocenters. The number of rotatable bonds is 4. The number of amides is 1. The normalized spacial score (nSPS) is 22.9. The van der Waals surface area contributed by atoms with Gasteiger partial charge in [0.05, 0.1) is 12.3 Å². The summed E-state index contributed by atoms with van der Waals surface area (Å²) in [4.78, 5) is 23.7. The molecule has 2 heterocycles. The lowest BCUT2D eigenvalue weighted by Gasteiger charge is -2.23. The van der Waals surface area contributed by atoms with Crippen LogP contribution in [0.4, 0.5) is 0 Å². The van der Waals surface area contributed by atoms with Crippen LogP contribution in [0.2, 0.25) is 0 Å². The van der Waals surface area contributed by atoms with E-state index in [0.29, 0.717) is 23.6 Å². The lowest BCUT2D eigenvalue weighted by Crippen LogP contribution is -2.55. The summed E-state index contributed by atoms with van der Waals surface area (Å²) in [6, 6.07) is 0. The van der Waals surface area contributed by atoms with E-state index in [0.717, 1.165) is 11.5 Å². The van der Waals surface area contributed by atoms with Crippen LogP contribution in [-0.2, 0) is 16.0 Å². The number of aryl methyl sites for hydroxylation is 1. The van der Waals surface area contributed by atoms with E-state index >= 15 is 0 Å². The minimum absolute atomic E-state index is 0.0121. The van der Waals surface area contributed by atoms with Crippen LogP contribution in [0.3, 0.4) is 0 Å². The van der Waals surface area contributed by atoms with E-state index in [1.165, 1.54) is 0 Å². The van der Waals surface area contributed by atoms with E-state index in [1.54, 1.807) is 0 Å². The first-order chi connectivity index (χ1) is 8.59. The van der Waals surface area contributed by atoms with Gasteiger partial charge in [0.2, 0.25) is 0 Å². The summed E-state index contributed by atoms with van der Waals surface area (Å²) in [7, 11) is 0. The molecule has 1 amide bonds. The van der Waals surface area contributed by atoms with Crippen LogP contribution in [-0.4, -0.2) is 45.3 Å². The van der Waals surface area contributed by atoms with Gasteiger partial charge in [0.1, 0.15) is 4.88 Å². The molecular formula is C10H13N3O4S. The van der Waals surface area contributed by atoms with Crippen LogP contribution in [0.5, 0.6) is 0 Å². The zero-order chi connectivity index (χ0) is 13.2. The van der Waals surface area contributed by atoms with E-state index in [-0.39, 0.29) is 13.0 Å². The molecular weight excluding hydrogens is 258 g/mol. The van der Waals surface area contributed by atoms with Gasteiger partial charge in [-0.3, -0.25) is 4.79 Å². The third kappa shape index (κ3) is 2.21. The molecule has 1 aliphatic heterocycles. The van der Waals surface area contributed by atoms with Crippen molar-refractivity contribution in [3.05, 3.63) is 10.6 Å². The second kappa shape index (κ2) is 4.99. The Kier molecular flexibility index (Phi) is 3.58. The molecule has 1 aromatic rings. The van der Waals surface area contributed by atoms with Crippen molar-refractivity contribution in [3.63, 3.8) is 0 Å². The molecule has 2 N–H and O–H groups in total. The Labute approximate surface area is 107 Å². The monoisotopic (exact) mass is 271 g/mol. The first-order valence-electron chi connectivity index (χ1n) is 5.54. The largest absolute Gasteiger partial charge is 0.479 e. The summed E-state index contributed by atoms with van der Waals surface area (Å²) >= 11 is 0.969. The number of aromatic nitrogens is 2. The molecule has 18 heavy (non-hydrogen) atoms. The van der Waals surface area contributed by atoms with Crippen LogP contribution in [0.1, 0.15) is 28.7 Å². The summed E-state index contributed by atoms with van der Waals surface area (Å²) in [6.07, 6.45) is 0.845. The van der Waals surface area contributed by atoms with Gasteiger partial charge < -0.3 is 15.2 Å². The van der Waals surface area contributed by atoms with Crippen molar-refractivity contribution >= 4 is 23.4 Å². The molecule has 0 spiro atoms. The van der Waals surface area contributed by atoms with Crippen molar-refractivity contribution in [3.8, 4) is 0 Å². The van der Waals surface area contributed by atoms with Crippen LogP contribution in [0.15, 0.2) is 0 Å². The number of nitrogens with one attached hydrogen (secondary N) is 1. The van der Waals surface area contributed by atoms with Crippen LogP contribution >= 0.6 is 11.5 Å². The molecule has 1 aliphatic rings. The fourth-order valence-electron chi connectivity index (χ4n) is 1.77. The number of carbonyl (C=O) groups excluding carboxylic acids is 1. The standard InChI is InChI=1S/C10H13N3O4S/c1-2-6-7(18-13-12-6)8(14)11-10(9(15)16)3-4-17-5-10/h2-5H2,1H3,(H,11,14)(H,15,16). The molecule has 0 saturated carbocycles. The average Bonchev–Trinajstić information content (AvgIpc) is 2.97. The third-order valence-corrected chi connectivity index (χ3v) is 3.65. The maximum absolute atomic E-state index is 12.1. The first-order valence-corrected chi connectivity index (χ1v) is 6.31. The van der Waals surface area contributed by atoms with Crippen LogP contribution in [0, 0.1) is 0 Å². The van der Waals surface area contributed by atoms with Gasteiger partial charge in [0.15, 0.2) is 5.54 Å². The highest BCUT2D eigenvalue weighted by atomic mass is 32.1. The lowest BCUT2D eigenvalue weighted by atomic mass is 9.99. The van der Waals surface area contributed by atoms with Gasteiger partial charge in [-0.05, 0) is 18.0 Å². The lowest BCUT2D eigenvalue weighted by molar-refractivity contribution is -0.144. The summed E-state index contributed by atoms with van der Waals surface area (Å²) in [5.74, 6) is -1.53. The quantitative estimate of drug-likeness (QED) is 0.803. The summed E-state index contributed by atoms with van der Waals surface area (Å²) in [5.41, 5.74) is -0.747. The maximum Gasteiger partial charge on any atom is 0.331 e. The molecule has 7 nitrogen and oxygen atoms in total. The predicted octanol–water partition coefficient (Wildman–Crippen LogP) is 0.0740. The molecule has 0 radical (unpaired) electrons. The van der Waals surface area contributed by atoms with E-state index in [1.807, 2.05) is 6.92 Å². The van der Waals surface area contributed by atoms with E-state index in [2.05, 4.69) is 14.9 Å². The Morgan fingerprint density at radius 2 is 2.39 bits per heavy atom. The van der Waals surface area contributed by atoms with Gasteiger partial charge >= 0.3 is 5.97 Å². The van der Waals surface area contributed by atoms with Crippen molar-refractivity contribution < 1.29 is 19.4 Å². The number of ether oxygens (including phenoxy) is 1. The van der Waals surface area contributed by atoms with Gasteiger partial charge in [-0.2, -0.15) is 0 Å². The number of carboxylic acids is 1. The fourth-order valence-corrected chi connectivity index (χ4v) is 2.42. The van der Waals surface area contributed by atoms with Gasteiger partial charge in [0.25, 0.3) is 5.91 Å². The smallest absolute Gasteiger partial charge is 0.331 e. The van der Waals surface area contributed by atoms with Gasteiger partial charge in [-0.1, -0.05) is 11.4 Å². The summed E-state index contributed by atoms with van der Waals surface area (Å²) < 4.78 is 8.78. The molecule has 0 bridgehead atoms. The molecule has 2 rings (SSSR count). The molecule has 1 atom stereocenters. The fraction of sp³-hybridized carbons (Fsp3) is 0.600. The molecule has 8 heteroatoms. The minimum Gasteiger partial charge on any atom is -0.479 e. The van der Waals surface area contributed by atoms with E-state index in [9.17, 15) is 14.7 Å². The number of carboxylic acid groups (broad SMARTS) is 1. The molecule has 1 aromatic heterocycles. The summed E-state index contributed by atoms with van der Waals surface area (Å²) in [5, 5.41) is 15.6. The number of aliphatic carboxylic acids is 1. The summed E-state index contributed by atoms with van der Waals surface area (Å²) in [6.45, 7) is 2.18. The van der Waals surface area contributed by atoms with E-state index in [4.69, 9.17) is 4.74 Å². The Morgan fingerprint density at radius 1 is 1.61 bits per heavy atom. The van der Waals surface area contributed by atoms with Crippen LogP contribution < -0.4 is 5.32 Å². The highest BCUT2D eigenvalue weighted by Crippen LogP contribution is 2.21. The molecule has 0 aliphatic carbocycles. The highest BCUT2D eigenvalue weighted by molar-refractivity contribution is 7.08. The second-order valence-corrected chi connectivity index (χ2v) is 4.80. The first kappa shape index (κ1) is 12.9. The van der Waals surface area contributed by atoms with Gasteiger partial charge in [-0.25, -0.2) is 4.79 Å². The van der Waals surface area contributed by atoms with Crippen molar-refractivity contribution in [2.24, 2.45) is 0 Å². The van der Waals surface area contributed by atoms with Crippen LogP contribution in [0.25, 0.3) is 0 Å². The van der Waals surface area contributed by atoms with Crippen molar-refractivity contribution in [1.82, 2.24) is 14.9 Å². The Morgan fingerprint density at radius 3 is 2.94 bits per heavy atom. The molecule has 1 fully saturated rings. The topological polar surface area (TPSA) is 101 Å². The predicted molar refractivity (Wildman–Crippen MR) is 62.6 cm³/mol. The number of carbonyl (C=O) groups is 2. The number of nitrogens with zero attached hydrogens (tertiary/aromatic N) is 2. The Balaban J connectivity index is 2.18. The zero-order valence-electron chi connectivity index (χ0n) is 9.80. The van der Waals surface area contributed by atoms with Gasteiger partial charge in [-0.15, -0.1) is 5.10 Å². The van der Waals surface area contributed by atoms with Crippen molar-refractivity contribution in [1.29, 1.82) is 0 Å². The SMILES string of the molecule is CCc1nnsc1C(=O)NC1(C(=O)O)CCOC1. The Hall–Kier alpha value is -1.54. The van der Waals surface area contributed by atoms with Crippen molar-refractivity contribution in [2.75, 3.05) is 13.2 Å². The number of hydrogen-bond donors (Lipinski definition) is 2. The third-order valence-electron chi connectivity index (χ3n) is 2.88. The second-order valence-electron chi connectivity index (χ2n) is 4.05. The van der Waals surface area contributed by atoms with Crippen molar-refractivity contribution in [2.45, 2.75) is 25.3 Å².